The summed E-state index contributed by atoms with van der Waals surface area (Å²) in [6.45, 7) is 3.58. The minimum absolute atomic E-state index is 0.0133. The van der Waals surface area contributed by atoms with Crippen molar-refractivity contribution in [1.82, 2.24) is 0 Å². The van der Waals surface area contributed by atoms with Gasteiger partial charge in [0.15, 0.2) is 0 Å². The van der Waals surface area contributed by atoms with Crippen LogP contribution >= 0.6 is 0 Å². The van der Waals surface area contributed by atoms with Gasteiger partial charge in [-0.1, -0.05) is 19.9 Å². The first kappa shape index (κ1) is 19.7. The highest BCUT2D eigenvalue weighted by Crippen LogP contribution is 2.41. The Morgan fingerprint density at radius 1 is 1.36 bits per heavy atom. The quantitative estimate of drug-likeness (QED) is 0.867. The molecule has 1 aromatic carbocycles. The van der Waals surface area contributed by atoms with Gasteiger partial charge in [0.05, 0.1) is 10.5 Å². The van der Waals surface area contributed by atoms with E-state index in [1.807, 2.05) is 13.8 Å². The molecule has 0 amide bonds. The minimum atomic E-state index is -4.74. The number of rotatable bonds is 4. The second-order valence-corrected chi connectivity index (χ2v) is 8.57. The average molecular weight is 380 g/mol. The maximum Gasteiger partial charge on any atom is 0.416 e. The van der Waals surface area contributed by atoms with Crippen LogP contribution in [0.1, 0.15) is 32.3 Å². The third-order valence-electron chi connectivity index (χ3n) is 4.53. The van der Waals surface area contributed by atoms with E-state index in [9.17, 15) is 31.5 Å². The molecule has 1 aliphatic heterocycles. The number of halogens is 3. The predicted molar refractivity (Wildman–Crippen MR) is 82.5 cm³/mol. The van der Waals surface area contributed by atoms with Crippen LogP contribution in [0.4, 0.5) is 13.2 Å². The zero-order valence-corrected chi connectivity index (χ0v) is 14.5. The molecule has 25 heavy (non-hydrogen) atoms. The molecule has 2 atom stereocenters. The lowest BCUT2D eigenvalue weighted by molar-refractivity contribution is -0.162. The molecule has 1 saturated heterocycles. The van der Waals surface area contributed by atoms with Crippen LogP contribution in [-0.4, -0.2) is 31.0 Å². The molecule has 2 unspecified atom stereocenters. The number of carbonyl (C=O) groups is 1. The molecule has 1 aliphatic rings. The van der Waals surface area contributed by atoms with Crippen molar-refractivity contribution in [1.29, 1.82) is 0 Å². The number of benzene rings is 1. The molecule has 140 valence electrons. The third kappa shape index (κ3) is 3.52. The Morgan fingerprint density at radius 3 is 2.52 bits per heavy atom. The van der Waals surface area contributed by atoms with Gasteiger partial charge in [0, 0.05) is 13.0 Å². The summed E-state index contributed by atoms with van der Waals surface area (Å²) in [5.74, 6) is -1.93. The van der Waals surface area contributed by atoms with Gasteiger partial charge >= 0.3 is 12.1 Å². The number of ether oxygens (including phenoxy) is 1. The van der Waals surface area contributed by atoms with Crippen LogP contribution in [0.15, 0.2) is 29.2 Å². The molecule has 0 aliphatic carbocycles. The topological polar surface area (TPSA) is 80.7 Å². The van der Waals surface area contributed by atoms with Crippen LogP contribution in [0.3, 0.4) is 0 Å². The summed E-state index contributed by atoms with van der Waals surface area (Å²) in [4.78, 5) is 8.53. The van der Waals surface area contributed by atoms with Crippen molar-refractivity contribution in [2.24, 2.45) is 11.8 Å². The number of carboxylic acids is 1. The second kappa shape index (κ2) is 6.60. The summed E-state index contributed by atoms with van der Waals surface area (Å²) < 4.78 is 69.7. The summed E-state index contributed by atoms with van der Waals surface area (Å²) in [6.07, 6.45) is -4.56. The van der Waals surface area contributed by atoms with E-state index in [4.69, 9.17) is 4.74 Å². The number of hydrogen-bond acceptors (Lipinski definition) is 4. The van der Waals surface area contributed by atoms with Crippen molar-refractivity contribution in [3.63, 3.8) is 0 Å². The summed E-state index contributed by atoms with van der Waals surface area (Å²) in [5, 5.41) is 9.59. The molecule has 0 radical (unpaired) electrons. The van der Waals surface area contributed by atoms with E-state index in [0.29, 0.717) is 12.5 Å². The molecule has 1 aromatic rings. The predicted octanol–water partition coefficient (Wildman–Crippen LogP) is 3.34. The summed E-state index contributed by atoms with van der Waals surface area (Å²) in [6, 6.07) is 3.07. The standard InChI is InChI=1S/C16H19F3O5S/c1-10(2)11-6-7-24-15(9-11,14(20)21)25(22,23)13-5-3-4-12(8-13)16(17,18)19/h3-5,8,10-11H,6-7,9H2,1-2H3,(H,20,21). The lowest BCUT2D eigenvalue weighted by Gasteiger charge is -2.38. The lowest BCUT2D eigenvalue weighted by atomic mass is 9.85. The van der Waals surface area contributed by atoms with E-state index in [1.54, 1.807) is 0 Å². The van der Waals surface area contributed by atoms with Gasteiger partial charge in [0.25, 0.3) is 4.93 Å². The van der Waals surface area contributed by atoms with Crippen molar-refractivity contribution in [3.05, 3.63) is 29.8 Å². The van der Waals surface area contributed by atoms with E-state index >= 15 is 0 Å². The molecule has 5 nitrogen and oxygen atoms in total. The molecule has 0 spiro atoms. The molecular formula is C16H19F3O5S. The highest BCUT2D eigenvalue weighted by atomic mass is 32.2. The van der Waals surface area contributed by atoms with Crippen LogP contribution in [0, 0.1) is 11.8 Å². The maximum absolute atomic E-state index is 12.9. The maximum atomic E-state index is 12.9. The van der Waals surface area contributed by atoms with Gasteiger partial charge < -0.3 is 9.84 Å². The molecule has 1 heterocycles. The largest absolute Gasteiger partial charge is 0.478 e. The van der Waals surface area contributed by atoms with Crippen molar-refractivity contribution in [2.45, 2.75) is 42.7 Å². The number of sulfone groups is 1. The van der Waals surface area contributed by atoms with Crippen LogP contribution in [0.2, 0.25) is 0 Å². The van der Waals surface area contributed by atoms with Crippen LogP contribution < -0.4 is 0 Å². The number of carboxylic acid groups (broad SMARTS) is 1. The van der Waals surface area contributed by atoms with Gasteiger partial charge in [0.1, 0.15) is 0 Å². The monoisotopic (exact) mass is 380 g/mol. The highest BCUT2D eigenvalue weighted by molar-refractivity contribution is 7.93. The highest BCUT2D eigenvalue weighted by Gasteiger charge is 2.56. The van der Waals surface area contributed by atoms with E-state index in [1.165, 1.54) is 0 Å². The zero-order chi connectivity index (χ0) is 19.0. The normalized spacial score (nSPS) is 25.1. The van der Waals surface area contributed by atoms with Gasteiger partial charge in [-0.3, -0.25) is 0 Å². The van der Waals surface area contributed by atoms with Crippen molar-refractivity contribution >= 4 is 15.8 Å². The molecule has 0 saturated carbocycles. The van der Waals surface area contributed by atoms with Crippen molar-refractivity contribution in [3.8, 4) is 0 Å². The third-order valence-corrected chi connectivity index (χ3v) is 6.73. The van der Waals surface area contributed by atoms with Crippen molar-refractivity contribution < 1.29 is 36.2 Å². The van der Waals surface area contributed by atoms with Gasteiger partial charge in [0.2, 0.25) is 9.84 Å². The SMILES string of the molecule is CC(C)C1CCOC(C(=O)O)(S(=O)(=O)c2cccc(C(F)(F)F)c2)C1. The summed E-state index contributed by atoms with van der Waals surface area (Å²) in [7, 11) is -4.69. The zero-order valence-electron chi connectivity index (χ0n) is 13.7. The number of alkyl halides is 3. The fourth-order valence-electron chi connectivity index (χ4n) is 2.93. The fourth-order valence-corrected chi connectivity index (χ4v) is 4.75. The Hall–Kier alpha value is -1.61. The Bertz CT molecular complexity index is 757. The molecule has 0 aromatic heterocycles. The summed E-state index contributed by atoms with van der Waals surface area (Å²) >= 11 is 0. The van der Waals surface area contributed by atoms with E-state index in [0.717, 1.165) is 18.2 Å². The first-order chi connectivity index (χ1) is 11.4. The van der Waals surface area contributed by atoms with E-state index < -0.39 is 37.4 Å². The Labute approximate surface area is 143 Å². The number of aliphatic carboxylic acids is 1. The first-order valence-electron chi connectivity index (χ1n) is 7.71. The summed E-state index contributed by atoms with van der Waals surface area (Å²) in [5.41, 5.74) is -1.16. The Balaban J connectivity index is 2.56. The lowest BCUT2D eigenvalue weighted by Crippen LogP contribution is -2.53. The molecule has 9 heteroatoms. The van der Waals surface area contributed by atoms with Gasteiger partial charge in [-0.2, -0.15) is 13.2 Å². The van der Waals surface area contributed by atoms with Crippen LogP contribution in [0.5, 0.6) is 0 Å². The fraction of sp³-hybridized carbons (Fsp3) is 0.562. The number of hydrogen-bond donors (Lipinski definition) is 1. The second-order valence-electron chi connectivity index (χ2n) is 6.43. The molecular weight excluding hydrogens is 361 g/mol. The van der Waals surface area contributed by atoms with Gasteiger partial charge in [-0.05, 0) is 36.5 Å². The van der Waals surface area contributed by atoms with Gasteiger partial charge in [-0.15, -0.1) is 0 Å². The van der Waals surface area contributed by atoms with Crippen LogP contribution in [-0.2, 0) is 25.5 Å². The van der Waals surface area contributed by atoms with Crippen LogP contribution in [0.25, 0.3) is 0 Å². The molecule has 2 rings (SSSR count). The molecule has 0 bridgehead atoms. The van der Waals surface area contributed by atoms with Gasteiger partial charge in [-0.25, -0.2) is 13.2 Å². The smallest absolute Gasteiger partial charge is 0.416 e. The first-order valence-corrected chi connectivity index (χ1v) is 9.19. The Kier molecular flexibility index (Phi) is 5.21. The minimum Gasteiger partial charge on any atom is -0.478 e. The van der Waals surface area contributed by atoms with E-state index in [-0.39, 0.29) is 24.9 Å². The Morgan fingerprint density at radius 2 is 2.00 bits per heavy atom. The van der Waals surface area contributed by atoms with Crippen molar-refractivity contribution in [2.75, 3.05) is 6.61 Å². The average Bonchev–Trinajstić information content (AvgIpc) is 2.53. The molecule has 1 N–H and O–H groups in total. The van der Waals surface area contributed by atoms with E-state index in [2.05, 4.69) is 0 Å². The molecule has 1 fully saturated rings.